The third-order valence-electron chi connectivity index (χ3n) is 9.25. The molecule has 0 saturated heterocycles. The standard InChI is InChI=1S/C43H45ClFN5O3/c1-29-33(30-14-9-8-10-15-30)16-13-17-34(29)38-21-18-31(43(50-38)52-3)27-46-22-11-6-4-5-7-12-23-53-41-25-35-39(26-40(41)51-2)47-28-48-42(35)49-32-19-20-37(45)36(44)24-32/h8-10,13-21,24-26,28,46H,4-7,11-12,22-23,27H2,1-3H3,(H,47,48,49). The third-order valence-corrected chi connectivity index (χ3v) is 9.54. The Morgan fingerprint density at radius 3 is 2.34 bits per heavy atom. The van der Waals surface area contributed by atoms with Gasteiger partial charge in [-0.3, -0.25) is 0 Å². The molecule has 6 aromatic rings. The highest BCUT2D eigenvalue weighted by atomic mass is 35.5. The molecule has 0 spiro atoms. The molecule has 0 unspecified atom stereocenters. The Hall–Kier alpha value is -5.25. The number of benzene rings is 4. The van der Waals surface area contributed by atoms with E-state index in [4.69, 9.17) is 30.8 Å². The number of methoxy groups -OCH3 is 2. The Kier molecular flexibility index (Phi) is 13.1. The maximum Gasteiger partial charge on any atom is 0.218 e. The number of rotatable bonds is 18. The fourth-order valence-electron chi connectivity index (χ4n) is 6.39. The summed E-state index contributed by atoms with van der Waals surface area (Å²) in [5.41, 5.74) is 7.99. The van der Waals surface area contributed by atoms with Crippen molar-refractivity contribution in [2.75, 3.05) is 32.7 Å². The van der Waals surface area contributed by atoms with Crippen LogP contribution in [0.3, 0.4) is 0 Å². The molecule has 0 bridgehead atoms. The molecular formula is C43H45ClFN5O3. The van der Waals surface area contributed by atoms with Gasteiger partial charge in [0, 0.05) is 34.8 Å². The van der Waals surface area contributed by atoms with Crippen molar-refractivity contribution in [2.24, 2.45) is 0 Å². The largest absolute Gasteiger partial charge is 0.493 e. The maximum absolute atomic E-state index is 13.7. The second-order valence-corrected chi connectivity index (χ2v) is 13.3. The number of fused-ring (bicyclic) bond motifs is 1. The summed E-state index contributed by atoms with van der Waals surface area (Å²) in [4.78, 5) is 13.7. The zero-order chi connectivity index (χ0) is 37.0. The number of unbranched alkanes of at least 4 members (excludes halogenated alkanes) is 5. The first-order valence-corrected chi connectivity index (χ1v) is 18.4. The average Bonchev–Trinajstić information content (AvgIpc) is 3.18. The van der Waals surface area contributed by atoms with Gasteiger partial charge in [-0.15, -0.1) is 0 Å². The summed E-state index contributed by atoms with van der Waals surface area (Å²) in [5, 5.41) is 7.56. The van der Waals surface area contributed by atoms with Crippen molar-refractivity contribution in [3.05, 3.63) is 119 Å². The first-order chi connectivity index (χ1) is 25.9. The quantitative estimate of drug-likeness (QED) is 0.0844. The predicted molar refractivity (Wildman–Crippen MR) is 212 cm³/mol. The van der Waals surface area contributed by atoms with E-state index in [2.05, 4.69) is 82.1 Å². The van der Waals surface area contributed by atoms with Crippen LogP contribution in [0, 0.1) is 12.7 Å². The van der Waals surface area contributed by atoms with E-state index >= 15 is 0 Å². The van der Waals surface area contributed by atoms with E-state index < -0.39 is 5.82 Å². The van der Waals surface area contributed by atoms with Gasteiger partial charge in [-0.05, 0) is 73.3 Å². The molecule has 274 valence electrons. The van der Waals surface area contributed by atoms with E-state index in [1.807, 2.05) is 18.2 Å². The molecule has 53 heavy (non-hydrogen) atoms. The Morgan fingerprint density at radius 1 is 0.755 bits per heavy atom. The van der Waals surface area contributed by atoms with Gasteiger partial charge < -0.3 is 24.8 Å². The zero-order valence-electron chi connectivity index (χ0n) is 30.4. The molecule has 0 aliphatic rings. The predicted octanol–water partition coefficient (Wildman–Crippen LogP) is 10.7. The number of anilines is 2. The molecule has 0 aliphatic heterocycles. The van der Waals surface area contributed by atoms with Crippen LogP contribution < -0.4 is 24.8 Å². The van der Waals surface area contributed by atoms with E-state index in [9.17, 15) is 4.39 Å². The van der Waals surface area contributed by atoms with Gasteiger partial charge in [-0.2, -0.15) is 0 Å². The lowest BCUT2D eigenvalue weighted by atomic mass is 9.94. The van der Waals surface area contributed by atoms with Crippen molar-refractivity contribution in [1.29, 1.82) is 0 Å². The second kappa shape index (κ2) is 18.5. The van der Waals surface area contributed by atoms with Gasteiger partial charge in [0.1, 0.15) is 18.0 Å². The van der Waals surface area contributed by atoms with Crippen LogP contribution in [-0.4, -0.2) is 42.3 Å². The molecule has 0 aliphatic carbocycles. The molecule has 4 aromatic carbocycles. The summed E-state index contributed by atoms with van der Waals surface area (Å²) < 4.78 is 31.1. The lowest BCUT2D eigenvalue weighted by Gasteiger charge is -2.14. The fourth-order valence-corrected chi connectivity index (χ4v) is 6.57. The lowest BCUT2D eigenvalue weighted by molar-refractivity contribution is 0.285. The van der Waals surface area contributed by atoms with E-state index in [1.54, 1.807) is 20.3 Å². The summed E-state index contributed by atoms with van der Waals surface area (Å²) in [7, 11) is 3.30. The van der Waals surface area contributed by atoms with Crippen molar-refractivity contribution in [3.63, 3.8) is 0 Å². The number of ether oxygens (including phenoxy) is 3. The van der Waals surface area contributed by atoms with E-state index in [-0.39, 0.29) is 5.02 Å². The number of hydrogen-bond acceptors (Lipinski definition) is 8. The van der Waals surface area contributed by atoms with Gasteiger partial charge in [0.05, 0.1) is 37.1 Å². The summed E-state index contributed by atoms with van der Waals surface area (Å²) in [5.74, 6) is 1.96. The maximum atomic E-state index is 13.7. The summed E-state index contributed by atoms with van der Waals surface area (Å²) >= 11 is 5.97. The molecule has 0 atom stereocenters. The van der Waals surface area contributed by atoms with Crippen LogP contribution in [0.25, 0.3) is 33.3 Å². The highest BCUT2D eigenvalue weighted by molar-refractivity contribution is 6.31. The average molecular weight is 734 g/mol. The Morgan fingerprint density at radius 2 is 1.55 bits per heavy atom. The SMILES string of the molecule is COc1cc2ncnc(Nc3ccc(F)c(Cl)c3)c2cc1OCCCCCCCCNCc1ccc(-c2cccc(-c3ccccc3)c2C)nc1OC. The minimum absolute atomic E-state index is 0.0314. The van der Waals surface area contributed by atoms with Crippen LogP contribution >= 0.6 is 11.6 Å². The van der Waals surface area contributed by atoms with Crippen molar-refractivity contribution in [1.82, 2.24) is 20.3 Å². The minimum Gasteiger partial charge on any atom is -0.493 e. The first kappa shape index (κ1) is 37.5. The van der Waals surface area contributed by atoms with Crippen LogP contribution in [0.15, 0.2) is 97.3 Å². The van der Waals surface area contributed by atoms with Crippen LogP contribution in [0.4, 0.5) is 15.9 Å². The minimum atomic E-state index is -0.480. The molecule has 0 amide bonds. The van der Waals surface area contributed by atoms with Crippen molar-refractivity contribution in [2.45, 2.75) is 52.0 Å². The Bertz CT molecular complexity index is 2130. The molecule has 6 rings (SSSR count). The smallest absolute Gasteiger partial charge is 0.218 e. The molecule has 0 saturated carbocycles. The number of nitrogens with one attached hydrogen (secondary N) is 2. The summed E-state index contributed by atoms with van der Waals surface area (Å²) in [6.07, 6.45) is 8.05. The third kappa shape index (κ3) is 9.60. The Balaban J connectivity index is 0.914. The van der Waals surface area contributed by atoms with Gasteiger partial charge in [-0.1, -0.05) is 91.9 Å². The van der Waals surface area contributed by atoms with Crippen LogP contribution in [0.1, 0.15) is 49.7 Å². The summed E-state index contributed by atoms with van der Waals surface area (Å²) in [6, 6.07) is 29.2. The van der Waals surface area contributed by atoms with Crippen molar-refractivity contribution >= 4 is 34.0 Å². The fraction of sp³-hybridized carbons (Fsp3) is 0.279. The lowest BCUT2D eigenvalue weighted by Crippen LogP contribution is -2.15. The molecule has 10 heteroatoms. The van der Waals surface area contributed by atoms with E-state index in [1.165, 1.54) is 41.6 Å². The molecule has 2 aromatic heterocycles. The molecule has 2 N–H and O–H groups in total. The zero-order valence-corrected chi connectivity index (χ0v) is 31.2. The monoisotopic (exact) mass is 733 g/mol. The normalized spacial score (nSPS) is 11.1. The highest BCUT2D eigenvalue weighted by Gasteiger charge is 2.14. The number of hydrogen-bond donors (Lipinski definition) is 2. The molecule has 0 radical (unpaired) electrons. The number of aromatic nitrogens is 3. The Labute approximate surface area is 315 Å². The van der Waals surface area contributed by atoms with Crippen LogP contribution in [-0.2, 0) is 6.54 Å². The van der Waals surface area contributed by atoms with Crippen molar-refractivity contribution < 1.29 is 18.6 Å². The van der Waals surface area contributed by atoms with Crippen molar-refractivity contribution in [3.8, 4) is 39.8 Å². The molecule has 8 nitrogen and oxygen atoms in total. The molecule has 2 heterocycles. The van der Waals surface area contributed by atoms with Crippen LogP contribution in [0.5, 0.6) is 17.4 Å². The molecular weight excluding hydrogens is 689 g/mol. The van der Waals surface area contributed by atoms with Gasteiger partial charge >= 0.3 is 0 Å². The van der Waals surface area contributed by atoms with E-state index in [0.29, 0.717) is 47.6 Å². The highest BCUT2D eigenvalue weighted by Crippen LogP contribution is 2.36. The second-order valence-electron chi connectivity index (χ2n) is 12.9. The van der Waals surface area contributed by atoms with Crippen LogP contribution in [0.2, 0.25) is 5.02 Å². The molecule has 0 fully saturated rings. The number of halogens is 2. The van der Waals surface area contributed by atoms with Gasteiger partial charge in [-0.25, -0.2) is 19.3 Å². The van der Waals surface area contributed by atoms with E-state index in [0.717, 1.165) is 60.9 Å². The summed E-state index contributed by atoms with van der Waals surface area (Å²) in [6.45, 7) is 4.36. The number of pyridine rings is 1. The van der Waals surface area contributed by atoms with Gasteiger partial charge in [0.25, 0.3) is 0 Å². The van der Waals surface area contributed by atoms with Gasteiger partial charge in [0.15, 0.2) is 11.5 Å². The first-order valence-electron chi connectivity index (χ1n) is 18.0. The van der Waals surface area contributed by atoms with Gasteiger partial charge in [0.2, 0.25) is 5.88 Å². The topological polar surface area (TPSA) is 90.4 Å². The number of nitrogens with zero attached hydrogens (tertiary/aromatic N) is 3.